The molecule has 6 nitrogen and oxygen atoms in total. The van der Waals surface area contributed by atoms with Gasteiger partial charge in [0.05, 0.1) is 24.7 Å². The van der Waals surface area contributed by atoms with Crippen molar-refractivity contribution in [1.82, 2.24) is 19.9 Å². The smallest absolute Gasteiger partial charge is 0.120 e. The van der Waals surface area contributed by atoms with Crippen LogP contribution in [0.3, 0.4) is 0 Å². The summed E-state index contributed by atoms with van der Waals surface area (Å²) in [5.41, 5.74) is 4.08. The molecule has 0 unspecified atom stereocenters. The molecule has 1 aromatic heterocycles. The number of anilines is 2. The number of ether oxygens (including phenoxy) is 1. The molecule has 0 aliphatic rings. The van der Waals surface area contributed by atoms with E-state index in [1.54, 1.807) is 7.11 Å². The van der Waals surface area contributed by atoms with E-state index in [0.717, 1.165) is 48.1 Å². The van der Waals surface area contributed by atoms with Crippen LogP contribution in [0.15, 0.2) is 54.7 Å². The third kappa shape index (κ3) is 4.21. The van der Waals surface area contributed by atoms with Gasteiger partial charge < -0.3 is 10.1 Å². The van der Waals surface area contributed by atoms with E-state index < -0.39 is 0 Å². The van der Waals surface area contributed by atoms with E-state index >= 15 is 0 Å². The first-order valence-corrected chi connectivity index (χ1v) is 8.87. The van der Waals surface area contributed by atoms with Gasteiger partial charge in [0.1, 0.15) is 5.75 Å². The molecule has 2 aromatic carbocycles. The average molecular weight is 351 g/mol. The van der Waals surface area contributed by atoms with Crippen LogP contribution in [-0.4, -0.2) is 40.1 Å². The zero-order valence-corrected chi connectivity index (χ0v) is 15.5. The molecule has 136 valence electrons. The molecule has 0 fully saturated rings. The molecule has 0 aliphatic heterocycles. The van der Waals surface area contributed by atoms with Crippen molar-refractivity contribution >= 4 is 11.4 Å². The van der Waals surface area contributed by atoms with E-state index in [0.29, 0.717) is 0 Å². The summed E-state index contributed by atoms with van der Waals surface area (Å²) in [6.45, 7) is 7.17. The first kappa shape index (κ1) is 17.9. The zero-order chi connectivity index (χ0) is 18.4. The number of hydrogen-bond acceptors (Lipinski definition) is 5. The monoisotopic (exact) mass is 351 g/mol. The predicted molar refractivity (Wildman–Crippen MR) is 104 cm³/mol. The molecule has 6 heteroatoms. The number of rotatable bonds is 8. The fourth-order valence-corrected chi connectivity index (χ4v) is 2.81. The standard InChI is InChI=1S/C20H25N5O/c1-4-24(5-2)15-19-14-21-23-25(19)18-11-9-16(10-12-18)22-17-7-6-8-20(13-17)26-3/h6-14,22H,4-5,15H2,1-3H3. The van der Waals surface area contributed by atoms with Crippen molar-refractivity contribution in [2.45, 2.75) is 20.4 Å². The normalized spacial score (nSPS) is 10.9. The lowest BCUT2D eigenvalue weighted by atomic mass is 10.2. The van der Waals surface area contributed by atoms with E-state index in [9.17, 15) is 0 Å². The van der Waals surface area contributed by atoms with E-state index in [2.05, 4.69) is 34.4 Å². The fourth-order valence-electron chi connectivity index (χ4n) is 2.81. The second-order valence-corrected chi connectivity index (χ2v) is 6.00. The summed E-state index contributed by atoms with van der Waals surface area (Å²) in [6, 6.07) is 16.0. The van der Waals surface area contributed by atoms with Gasteiger partial charge in [0.15, 0.2) is 0 Å². The highest BCUT2D eigenvalue weighted by molar-refractivity contribution is 5.62. The summed E-state index contributed by atoms with van der Waals surface area (Å²) in [5.74, 6) is 0.829. The second-order valence-electron chi connectivity index (χ2n) is 6.00. The molecule has 0 amide bonds. The fraction of sp³-hybridized carbons (Fsp3) is 0.300. The van der Waals surface area contributed by atoms with Crippen molar-refractivity contribution < 1.29 is 4.74 Å². The molecular formula is C20H25N5O. The zero-order valence-electron chi connectivity index (χ0n) is 15.5. The molecule has 0 aliphatic carbocycles. The maximum absolute atomic E-state index is 5.26. The molecule has 1 heterocycles. The summed E-state index contributed by atoms with van der Waals surface area (Å²) < 4.78 is 7.16. The first-order valence-electron chi connectivity index (χ1n) is 8.87. The average Bonchev–Trinajstić information content (AvgIpc) is 3.15. The molecule has 0 radical (unpaired) electrons. The molecule has 26 heavy (non-hydrogen) atoms. The van der Waals surface area contributed by atoms with Gasteiger partial charge in [-0.25, -0.2) is 4.68 Å². The van der Waals surface area contributed by atoms with E-state index in [1.807, 2.05) is 59.4 Å². The van der Waals surface area contributed by atoms with E-state index in [4.69, 9.17) is 4.74 Å². The van der Waals surface area contributed by atoms with Crippen molar-refractivity contribution in [3.05, 3.63) is 60.4 Å². The minimum atomic E-state index is 0.829. The van der Waals surface area contributed by atoms with Crippen LogP contribution >= 0.6 is 0 Å². The summed E-state index contributed by atoms with van der Waals surface area (Å²) in [4.78, 5) is 2.34. The van der Waals surface area contributed by atoms with Gasteiger partial charge in [-0.3, -0.25) is 4.90 Å². The minimum Gasteiger partial charge on any atom is -0.497 e. The largest absolute Gasteiger partial charge is 0.497 e. The number of methoxy groups -OCH3 is 1. The number of hydrogen-bond donors (Lipinski definition) is 1. The van der Waals surface area contributed by atoms with Crippen molar-refractivity contribution in [2.24, 2.45) is 0 Å². The number of nitrogens with zero attached hydrogens (tertiary/aromatic N) is 4. The Bertz CT molecular complexity index is 824. The molecule has 1 N–H and O–H groups in total. The first-order chi connectivity index (χ1) is 12.7. The predicted octanol–water partition coefficient (Wildman–Crippen LogP) is 3.86. The highest BCUT2D eigenvalue weighted by Gasteiger charge is 2.09. The second kappa shape index (κ2) is 8.49. The number of benzene rings is 2. The van der Waals surface area contributed by atoms with Gasteiger partial charge in [-0.15, -0.1) is 5.10 Å². The van der Waals surface area contributed by atoms with Gasteiger partial charge in [-0.05, 0) is 49.5 Å². The molecule has 3 rings (SSSR count). The summed E-state index contributed by atoms with van der Waals surface area (Å²) >= 11 is 0. The van der Waals surface area contributed by atoms with Crippen LogP contribution in [0.4, 0.5) is 11.4 Å². The maximum Gasteiger partial charge on any atom is 0.120 e. The third-order valence-electron chi connectivity index (χ3n) is 4.37. The molecule has 0 bridgehead atoms. The Morgan fingerprint density at radius 1 is 1.04 bits per heavy atom. The Labute approximate surface area is 154 Å². The van der Waals surface area contributed by atoms with Gasteiger partial charge in [0.25, 0.3) is 0 Å². The van der Waals surface area contributed by atoms with Gasteiger partial charge >= 0.3 is 0 Å². The van der Waals surface area contributed by atoms with Gasteiger partial charge in [0, 0.05) is 24.0 Å². The lowest BCUT2D eigenvalue weighted by molar-refractivity contribution is 0.289. The van der Waals surface area contributed by atoms with Crippen LogP contribution in [0.25, 0.3) is 5.69 Å². The highest BCUT2D eigenvalue weighted by atomic mass is 16.5. The molecular weight excluding hydrogens is 326 g/mol. The van der Waals surface area contributed by atoms with Crippen LogP contribution in [-0.2, 0) is 6.54 Å². The van der Waals surface area contributed by atoms with Crippen LogP contribution in [0.1, 0.15) is 19.5 Å². The van der Waals surface area contributed by atoms with Gasteiger partial charge in [-0.1, -0.05) is 25.1 Å². The van der Waals surface area contributed by atoms with Crippen LogP contribution < -0.4 is 10.1 Å². The Hall–Kier alpha value is -2.86. The van der Waals surface area contributed by atoms with Crippen molar-refractivity contribution in [3.63, 3.8) is 0 Å². The minimum absolute atomic E-state index is 0.829. The summed E-state index contributed by atoms with van der Waals surface area (Å²) in [7, 11) is 1.67. The van der Waals surface area contributed by atoms with Crippen molar-refractivity contribution in [1.29, 1.82) is 0 Å². The molecule has 0 saturated heterocycles. The lowest BCUT2D eigenvalue weighted by Crippen LogP contribution is -2.23. The molecule has 3 aromatic rings. The summed E-state index contributed by atoms with van der Waals surface area (Å²) in [5, 5.41) is 11.7. The molecule has 0 atom stereocenters. The Morgan fingerprint density at radius 3 is 2.50 bits per heavy atom. The topological polar surface area (TPSA) is 55.2 Å². The van der Waals surface area contributed by atoms with E-state index in [-0.39, 0.29) is 0 Å². The Balaban J connectivity index is 1.75. The Kier molecular flexibility index (Phi) is 5.86. The summed E-state index contributed by atoms with van der Waals surface area (Å²) in [6.07, 6.45) is 1.83. The van der Waals surface area contributed by atoms with E-state index in [1.165, 1.54) is 0 Å². The maximum atomic E-state index is 5.26. The van der Waals surface area contributed by atoms with Crippen LogP contribution in [0.5, 0.6) is 5.75 Å². The number of aromatic nitrogens is 3. The molecule has 0 saturated carbocycles. The third-order valence-corrected chi connectivity index (χ3v) is 4.37. The van der Waals surface area contributed by atoms with Gasteiger partial charge in [0.2, 0.25) is 0 Å². The lowest BCUT2D eigenvalue weighted by Gasteiger charge is -2.18. The van der Waals surface area contributed by atoms with Crippen LogP contribution in [0, 0.1) is 0 Å². The molecule has 0 spiro atoms. The van der Waals surface area contributed by atoms with Crippen LogP contribution in [0.2, 0.25) is 0 Å². The SMILES string of the molecule is CCN(CC)Cc1cnnn1-c1ccc(Nc2cccc(OC)c2)cc1. The highest BCUT2D eigenvalue weighted by Crippen LogP contribution is 2.22. The quantitative estimate of drug-likeness (QED) is 0.668. The number of nitrogens with one attached hydrogen (secondary N) is 1. The Morgan fingerprint density at radius 2 is 1.81 bits per heavy atom. The van der Waals surface area contributed by atoms with Crippen molar-refractivity contribution in [3.8, 4) is 11.4 Å². The van der Waals surface area contributed by atoms with Crippen molar-refractivity contribution in [2.75, 3.05) is 25.5 Å². The van der Waals surface area contributed by atoms with Gasteiger partial charge in [-0.2, -0.15) is 0 Å².